The highest BCUT2D eigenvalue weighted by Crippen LogP contribution is 2.29. The summed E-state index contributed by atoms with van der Waals surface area (Å²) in [5.74, 6) is -0.665. The zero-order valence-electron chi connectivity index (χ0n) is 12.7. The molecule has 5 nitrogen and oxygen atoms in total. The van der Waals surface area contributed by atoms with Crippen molar-refractivity contribution in [1.82, 2.24) is 9.88 Å². The highest BCUT2D eigenvalue weighted by atomic mass is 19.4. The van der Waals surface area contributed by atoms with Crippen molar-refractivity contribution in [3.05, 3.63) is 69.6 Å². The van der Waals surface area contributed by atoms with E-state index < -0.39 is 29.3 Å². The Kier molecular flexibility index (Phi) is 5.08. The van der Waals surface area contributed by atoms with Gasteiger partial charge < -0.3 is 15.0 Å². The Bertz CT molecular complexity index is 782. The quantitative estimate of drug-likeness (QED) is 0.893. The van der Waals surface area contributed by atoms with Crippen LogP contribution in [0.2, 0.25) is 0 Å². The molecule has 128 valence electrons. The van der Waals surface area contributed by atoms with E-state index in [9.17, 15) is 27.9 Å². The summed E-state index contributed by atoms with van der Waals surface area (Å²) in [6.45, 7) is -0.234. The summed E-state index contributed by atoms with van der Waals surface area (Å²) in [5.41, 5.74) is -1.17. The first-order valence-electron chi connectivity index (χ1n) is 6.99. The first kappa shape index (κ1) is 17.7. The Morgan fingerprint density at radius 3 is 2.46 bits per heavy atom. The maximum absolute atomic E-state index is 12.5. The summed E-state index contributed by atoms with van der Waals surface area (Å²) < 4.78 is 38.7. The van der Waals surface area contributed by atoms with Crippen LogP contribution in [0.3, 0.4) is 0 Å². The second kappa shape index (κ2) is 6.88. The first-order chi connectivity index (χ1) is 11.2. The second-order valence-corrected chi connectivity index (χ2v) is 5.18. The van der Waals surface area contributed by atoms with Crippen LogP contribution in [0, 0.1) is 0 Å². The molecule has 1 aromatic carbocycles. The fourth-order valence-corrected chi connectivity index (χ4v) is 2.07. The maximum atomic E-state index is 12.5. The predicted octanol–water partition coefficient (Wildman–Crippen LogP) is 1.87. The largest absolute Gasteiger partial charge is 0.416 e. The van der Waals surface area contributed by atoms with Gasteiger partial charge in [-0.2, -0.15) is 13.2 Å². The van der Waals surface area contributed by atoms with Crippen LogP contribution < -0.4 is 10.9 Å². The van der Waals surface area contributed by atoms with Crippen molar-refractivity contribution >= 4 is 5.91 Å². The van der Waals surface area contributed by atoms with E-state index in [1.165, 1.54) is 29.9 Å². The lowest BCUT2D eigenvalue weighted by Gasteiger charge is -2.13. The molecule has 24 heavy (non-hydrogen) atoms. The number of carbonyl (C=O) groups is 1. The van der Waals surface area contributed by atoms with Crippen LogP contribution in [0.4, 0.5) is 13.2 Å². The van der Waals surface area contributed by atoms with E-state index in [4.69, 9.17) is 0 Å². The molecular weight excluding hydrogens is 325 g/mol. The standard InChI is InChI=1S/C16H15F3N2O3/c1-21-8-2-3-12(15(21)24)14(23)20-9-13(22)10-4-6-11(7-5-10)16(17,18)19/h2-8,13,22H,9H2,1H3,(H,20,23). The van der Waals surface area contributed by atoms with Crippen LogP contribution in [-0.2, 0) is 13.2 Å². The molecule has 2 rings (SSSR count). The fraction of sp³-hybridized carbons (Fsp3) is 0.250. The summed E-state index contributed by atoms with van der Waals surface area (Å²) >= 11 is 0. The number of aliphatic hydroxyl groups is 1. The Morgan fingerprint density at radius 1 is 1.25 bits per heavy atom. The van der Waals surface area contributed by atoms with Gasteiger partial charge in [0.15, 0.2) is 0 Å². The lowest BCUT2D eigenvalue weighted by molar-refractivity contribution is -0.137. The number of carbonyl (C=O) groups excluding carboxylic acids is 1. The van der Waals surface area contributed by atoms with E-state index >= 15 is 0 Å². The Balaban J connectivity index is 2.02. The number of pyridine rings is 1. The van der Waals surface area contributed by atoms with E-state index in [1.807, 2.05) is 0 Å². The zero-order valence-corrected chi connectivity index (χ0v) is 12.7. The van der Waals surface area contributed by atoms with Gasteiger partial charge in [-0.25, -0.2) is 0 Å². The fourth-order valence-electron chi connectivity index (χ4n) is 2.07. The van der Waals surface area contributed by atoms with E-state index in [0.29, 0.717) is 0 Å². The predicted molar refractivity (Wildman–Crippen MR) is 80.4 cm³/mol. The van der Waals surface area contributed by atoms with Gasteiger partial charge in [-0.05, 0) is 29.8 Å². The third kappa shape index (κ3) is 4.02. The van der Waals surface area contributed by atoms with E-state index in [1.54, 1.807) is 0 Å². The molecule has 2 N–H and O–H groups in total. The first-order valence-corrected chi connectivity index (χ1v) is 6.99. The Hall–Kier alpha value is -2.61. The molecule has 1 aromatic heterocycles. The topological polar surface area (TPSA) is 71.3 Å². The third-order valence-corrected chi connectivity index (χ3v) is 3.45. The van der Waals surface area contributed by atoms with Crippen molar-refractivity contribution in [3.63, 3.8) is 0 Å². The number of amides is 1. The molecule has 0 spiro atoms. The smallest absolute Gasteiger partial charge is 0.387 e. The number of halogens is 3. The van der Waals surface area contributed by atoms with Crippen molar-refractivity contribution in [3.8, 4) is 0 Å². The third-order valence-electron chi connectivity index (χ3n) is 3.45. The summed E-state index contributed by atoms with van der Waals surface area (Å²) in [6.07, 6.45) is -4.15. The van der Waals surface area contributed by atoms with Crippen molar-refractivity contribution < 1.29 is 23.1 Å². The van der Waals surface area contributed by atoms with Crippen molar-refractivity contribution in [2.45, 2.75) is 12.3 Å². The van der Waals surface area contributed by atoms with Gasteiger partial charge in [0.25, 0.3) is 11.5 Å². The van der Waals surface area contributed by atoms with E-state index in [0.717, 1.165) is 24.3 Å². The van der Waals surface area contributed by atoms with Crippen LogP contribution >= 0.6 is 0 Å². The maximum Gasteiger partial charge on any atom is 0.416 e. The monoisotopic (exact) mass is 340 g/mol. The number of aryl methyl sites for hydroxylation is 1. The molecular formula is C16H15F3N2O3. The highest BCUT2D eigenvalue weighted by Gasteiger charge is 2.30. The summed E-state index contributed by atoms with van der Waals surface area (Å²) in [4.78, 5) is 23.7. The van der Waals surface area contributed by atoms with Gasteiger partial charge in [0.05, 0.1) is 11.7 Å². The van der Waals surface area contributed by atoms with Gasteiger partial charge in [0, 0.05) is 19.8 Å². The Morgan fingerprint density at radius 2 is 1.88 bits per heavy atom. The van der Waals surface area contributed by atoms with Crippen LogP contribution in [0.5, 0.6) is 0 Å². The van der Waals surface area contributed by atoms with Crippen LogP contribution in [0.15, 0.2) is 47.4 Å². The molecule has 8 heteroatoms. The highest BCUT2D eigenvalue weighted by molar-refractivity contribution is 5.93. The van der Waals surface area contributed by atoms with Crippen LogP contribution in [0.25, 0.3) is 0 Å². The number of aliphatic hydroxyl groups excluding tert-OH is 1. The number of nitrogens with zero attached hydrogens (tertiary/aromatic N) is 1. The number of hydrogen-bond donors (Lipinski definition) is 2. The average molecular weight is 340 g/mol. The van der Waals surface area contributed by atoms with Gasteiger partial charge in [-0.15, -0.1) is 0 Å². The van der Waals surface area contributed by atoms with Gasteiger partial charge in [-0.1, -0.05) is 12.1 Å². The second-order valence-electron chi connectivity index (χ2n) is 5.18. The van der Waals surface area contributed by atoms with Gasteiger partial charge in [0.1, 0.15) is 5.56 Å². The molecule has 2 aromatic rings. The molecule has 0 bridgehead atoms. The molecule has 0 saturated heterocycles. The van der Waals surface area contributed by atoms with E-state index in [2.05, 4.69) is 5.32 Å². The molecule has 0 aliphatic heterocycles. The number of alkyl halides is 3. The van der Waals surface area contributed by atoms with Crippen molar-refractivity contribution in [2.24, 2.45) is 7.05 Å². The molecule has 1 unspecified atom stereocenters. The SMILES string of the molecule is Cn1cccc(C(=O)NCC(O)c2ccc(C(F)(F)F)cc2)c1=O. The molecule has 1 atom stereocenters. The minimum absolute atomic E-state index is 0.0837. The molecule has 1 heterocycles. The van der Waals surface area contributed by atoms with Gasteiger partial charge in [-0.3, -0.25) is 9.59 Å². The lowest BCUT2D eigenvalue weighted by Crippen LogP contribution is -2.34. The number of benzene rings is 1. The van der Waals surface area contributed by atoms with E-state index in [-0.39, 0.29) is 17.7 Å². The zero-order chi connectivity index (χ0) is 17.9. The van der Waals surface area contributed by atoms with Crippen molar-refractivity contribution in [1.29, 1.82) is 0 Å². The summed E-state index contributed by atoms with van der Waals surface area (Å²) in [5, 5.41) is 12.3. The summed E-state index contributed by atoms with van der Waals surface area (Å²) in [6, 6.07) is 6.87. The molecule has 0 aliphatic rings. The minimum Gasteiger partial charge on any atom is -0.387 e. The van der Waals surface area contributed by atoms with Gasteiger partial charge in [0.2, 0.25) is 0 Å². The number of aromatic nitrogens is 1. The number of nitrogens with one attached hydrogen (secondary N) is 1. The number of hydrogen-bond acceptors (Lipinski definition) is 3. The van der Waals surface area contributed by atoms with Crippen LogP contribution in [0.1, 0.15) is 27.6 Å². The molecule has 0 fully saturated rings. The molecule has 1 amide bonds. The molecule has 0 radical (unpaired) electrons. The number of rotatable bonds is 4. The molecule has 0 aliphatic carbocycles. The minimum atomic E-state index is -4.45. The van der Waals surface area contributed by atoms with Crippen LogP contribution in [-0.4, -0.2) is 22.1 Å². The van der Waals surface area contributed by atoms with Crippen molar-refractivity contribution in [2.75, 3.05) is 6.54 Å². The lowest BCUT2D eigenvalue weighted by atomic mass is 10.1. The Labute approximate surface area is 135 Å². The average Bonchev–Trinajstić information content (AvgIpc) is 2.54. The van der Waals surface area contributed by atoms with Gasteiger partial charge >= 0.3 is 6.18 Å². The normalized spacial score (nSPS) is 12.7. The molecule has 0 saturated carbocycles. The summed E-state index contributed by atoms with van der Waals surface area (Å²) in [7, 11) is 1.50.